The zero-order valence-electron chi connectivity index (χ0n) is 12.6. The van der Waals surface area contributed by atoms with Crippen LogP contribution in [0.25, 0.3) is 10.9 Å². The van der Waals surface area contributed by atoms with Crippen molar-refractivity contribution >= 4 is 10.9 Å². The second-order valence-corrected chi connectivity index (χ2v) is 5.51. The van der Waals surface area contributed by atoms with Crippen LogP contribution in [0, 0.1) is 0 Å². The van der Waals surface area contributed by atoms with E-state index in [1.54, 1.807) is 24.3 Å². The number of aryl methyl sites for hydroxylation is 2. The molecule has 0 saturated carbocycles. The van der Waals surface area contributed by atoms with Gasteiger partial charge in [0.15, 0.2) is 0 Å². The molecule has 2 heterocycles. The Labute approximate surface area is 123 Å². The first-order chi connectivity index (χ1) is 10.2. The number of hydrogen-bond donors (Lipinski definition) is 1. The average Bonchev–Trinajstić information content (AvgIpc) is 3.12. The maximum absolute atomic E-state index is 5.53. The summed E-state index contributed by atoms with van der Waals surface area (Å²) in [7, 11) is 1.72. The molecule has 0 amide bonds. The molecule has 5 nitrogen and oxygen atoms in total. The van der Waals surface area contributed by atoms with Gasteiger partial charge in [-0.15, -0.1) is 0 Å². The van der Waals surface area contributed by atoms with Gasteiger partial charge in [-0.1, -0.05) is 13.8 Å². The number of H-pyrrole nitrogens is 1. The summed E-state index contributed by atoms with van der Waals surface area (Å²) in [5.41, 5.74) is 3.57. The van der Waals surface area contributed by atoms with Gasteiger partial charge >= 0.3 is 0 Å². The number of fused-ring (bicyclic) bond motifs is 1. The zero-order chi connectivity index (χ0) is 14.8. The van der Waals surface area contributed by atoms with Crippen molar-refractivity contribution in [2.75, 3.05) is 7.11 Å². The van der Waals surface area contributed by atoms with Gasteiger partial charge in [-0.2, -0.15) is 15.0 Å². The molecule has 2 aromatic heterocycles. The third-order valence-corrected chi connectivity index (χ3v) is 3.71. The number of rotatable bonds is 5. The van der Waals surface area contributed by atoms with Crippen LogP contribution in [0.5, 0.6) is 5.75 Å². The highest BCUT2D eigenvalue weighted by Crippen LogP contribution is 2.29. The van der Waals surface area contributed by atoms with Crippen molar-refractivity contribution < 1.29 is 4.74 Å². The molecule has 0 aliphatic rings. The van der Waals surface area contributed by atoms with Gasteiger partial charge in [0.05, 0.1) is 26.0 Å². The van der Waals surface area contributed by atoms with E-state index in [1.807, 2.05) is 0 Å². The number of hydrogen-bond acceptors (Lipinski definition) is 3. The zero-order valence-corrected chi connectivity index (χ0v) is 12.6. The molecular weight excluding hydrogens is 264 g/mol. The van der Waals surface area contributed by atoms with Crippen molar-refractivity contribution in [2.24, 2.45) is 0 Å². The minimum atomic E-state index is 0.486. The third kappa shape index (κ3) is 2.77. The summed E-state index contributed by atoms with van der Waals surface area (Å²) < 4.78 is 5.53. The summed E-state index contributed by atoms with van der Waals surface area (Å²) in [6.45, 7) is 5.12. The van der Waals surface area contributed by atoms with Crippen LogP contribution < -0.4 is 4.74 Å². The Morgan fingerprint density at radius 2 is 1.95 bits per heavy atom. The van der Waals surface area contributed by atoms with Crippen molar-refractivity contribution in [3.05, 3.63) is 41.9 Å². The monoisotopic (exact) mass is 284 g/mol. The molecule has 110 valence electrons. The number of nitrogens with one attached hydrogen (secondary N) is 1. The molecule has 0 atom stereocenters. The van der Waals surface area contributed by atoms with Crippen LogP contribution in [-0.2, 0) is 13.0 Å². The van der Waals surface area contributed by atoms with Crippen LogP contribution in [0.4, 0.5) is 0 Å². The molecule has 0 radical (unpaired) electrons. The van der Waals surface area contributed by atoms with Crippen LogP contribution in [0.2, 0.25) is 0 Å². The van der Waals surface area contributed by atoms with E-state index in [9.17, 15) is 0 Å². The standard InChI is InChI=1S/C16H20N4O/c1-11(2)14-9-13-10-16(21-3)12(8-15(13)19-14)4-7-20-17-5-6-18-20/h5-6,8-11,19H,4,7H2,1-3H3. The Kier molecular flexibility index (Phi) is 3.64. The molecule has 5 heteroatoms. The van der Waals surface area contributed by atoms with Crippen molar-refractivity contribution in [2.45, 2.75) is 32.7 Å². The molecule has 21 heavy (non-hydrogen) atoms. The highest BCUT2D eigenvalue weighted by atomic mass is 16.5. The van der Waals surface area contributed by atoms with Crippen molar-refractivity contribution in [3.8, 4) is 5.75 Å². The maximum atomic E-state index is 5.53. The Morgan fingerprint density at radius 3 is 2.62 bits per heavy atom. The summed E-state index contributed by atoms with van der Waals surface area (Å²) in [4.78, 5) is 5.18. The van der Waals surface area contributed by atoms with Gasteiger partial charge in [0.2, 0.25) is 0 Å². The SMILES string of the molecule is COc1cc2cc(C(C)C)[nH]c2cc1CCn1nccn1. The highest BCUT2D eigenvalue weighted by molar-refractivity contribution is 5.83. The molecular formula is C16H20N4O. The molecule has 0 aliphatic heterocycles. The molecule has 0 fully saturated rings. The van der Waals surface area contributed by atoms with Crippen molar-refractivity contribution in [1.29, 1.82) is 0 Å². The lowest BCUT2D eigenvalue weighted by atomic mass is 10.1. The van der Waals surface area contributed by atoms with E-state index in [4.69, 9.17) is 4.74 Å². The lowest BCUT2D eigenvalue weighted by molar-refractivity contribution is 0.407. The van der Waals surface area contributed by atoms with E-state index < -0.39 is 0 Å². The van der Waals surface area contributed by atoms with Crippen LogP contribution >= 0.6 is 0 Å². The Hall–Kier alpha value is -2.30. The molecule has 1 aromatic carbocycles. The van der Waals surface area contributed by atoms with Crippen molar-refractivity contribution in [1.82, 2.24) is 20.0 Å². The molecule has 0 bridgehead atoms. The third-order valence-electron chi connectivity index (χ3n) is 3.71. The van der Waals surface area contributed by atoms with Crippen LogP contribution in [0.3, 0.4) is 0 Å². The number of nitrogens with zero attached hydrogens (tertiary/aromatic N) is 3. The number of benzene rings is 1. The number of aromatic amines is 1. The van der Waals surface area contributed by atoms with Gasteiger partial charge < -0.3 is 9.72 Å². The fraction of sp³-hybridized carbons (Fsp3) is 0.375. The van der Waals surface area contributed by atoms with Crippen LogP contribution in [-0.4, -0.2) is 27.1 Å². The lowest BCUT2D eigenvalue weighted by Gasteiger charge is -2.08. The van der Waals surface area contributed by atoms with E-state index in [0.29, 0.717) is 5.92 Å². The molecule has 0 aliphatic carbocycles. The first-order valence-electron chi connectivity index (χ1n) is 7.21. The molecule has 3 aromatic rings. The summed E-state index contributed by atoms with van der Waals surface area (Å²) >= 11 is 0. The average molecular weight is 284 g/mol. The van der Waals surface area contributed by atoms with Gasteiger partial charge in [-0.25, -0.2) is 0 Å². The van der Waals surface area contributed by atoms with E-state index in [-0.39, 0.29) is 0 Å². The molecule has 1 N–H and O–H groups in total. The summed E-state index contributed by atoms with van der Waals surface area (Å²) in [6, 6.07) is 6.47. The van der Waals surface area contributed by atoms with E-state index >= 15 is 0 Å². The van der Waals surface area contributed by atoms with E-state index in [1.165, 1.54) is 16.6 Å². The Bertz CT molecular complexity index is 728. The van der Waals surface area contributed by atoms with Crippen LogP contribution in [0.15, 0.2) is 30.6 Å². The Balaban J connectivity index is 1.92. The number of aromatic nitrogens is 4. The molecule has 0 unspecified atom stereocenters. The van der Waals surface area contributed by atoms with E-state index in [0.717, 1.165) is 24.2 Å². The summed E-state index contributed by atoms with van der Waals surface area (Å²) in [6.07, 6.45) is 4.23. The van der Waals surface area contributed by atoms with Gasteiger partial charge in [0.25, 0.3) is 0 Å². The largest absolute Gasteiger partial charge is 0.496 e. The summed E-state index contributed by atoms with van der Waals surface area (Å²) in [5.74, 6) is 1.41. The first-order valence-corrected chi connectivity index (χ1v) is 7.21. The van der Waals surface area contributed by atoms with Gasteiger partial charge in [-0.3, -0.25) is 0 Å². The normalized spacial score (nSPS) is 11.4. The predicted octanol–water partition coefficient (Wildman–Crippen LogP) is 3.13. The van der Waals surface area contributed by atoms with Crippen molar-refractivity contribution in [3.63, 3.8) is 0 Å². The summed E-state index contributed by atoms with van der Waals surface area (Å²) in [5, 5.41) is 9.46. The van der Waals surface area contributed by atoms with E-state index in [2.05, 4.69) is 47.2 Å². The number of ether oxygens (including phenoxy) is 1. The Morgan fingerprint density at radius 1 is 1.19 bits per heavy atom. The van der Waals surface area contributed by atoms with Gasteiger partial charge in [0, 0.05) is 16.6 Å². The molecule has 0 spiro atoms. The minimum absolute atomic E-state index is 0.486. The quantitative estimate of drug-likeness (QED) is 0.783. The fourth-order valence-corrected chi connectivity index (χ4v) is 2.50. The first kappa shape index (κ1) is 13.7. The lowest BCUT2D eigenvalue weighted by Crippen LogP contribution is -2.05. The maximum Gasteiger partial charge on any atom is 0.122 e. The number of methoxy groups -OCH3 is 1. The van der Waals surface area contributed by atoms with Gasteiger partial charge in [0.1, 0.15) is 5.75 Å². The second kappa shape index (κ2) is 5.60. The molecule has 0 saturated heterocycles. The van der Waals surface area contributed by atoms with Crippen LogP contribution in [0.1, 0.15) is 31.0 Å². The van der Waals surface area contributed by atoms with Gasteiger partial charge in [-0.05, 0) is 36.1 Å². The topological polar surface area (TPSA) is 55.7 Å². The fourth-order valence-electron chi connectivity index (χ4n) is 2.50. The second-order valence-electron chi connectivity index (χ2n) is 5.51. The smallest absolute Gasteiger partial charge is 0.122 e. The molecule has 3 rings (SSSR count). The highest BCUT2D eigenvalue weighted by Gasteiger charge is 2.10. The minimum Gasteiger partial charge on any atom is -0.496 e. The predicted molar refractivity (Wildman–Crippen MR) is 82.7 cm³/mol.